The average molecular weight is 132 g/mol. The van der Waals surface area contributed by atoms with Crippen molar-refractivity contribution in [3.8, 4) is 0 Å². The molecule has 0 fully saturated rings. The van der Waals surface area contributed by atoms with Gasteiger partial charge in [-0.1, -0.05) is 0 Å². The maximum atomic E-state index is 10.1. The molecule has 4 heteroatoms. The number of primary amides is 1. The van der Waals surface area contributed by atoms with Crippen LogP contribution in [0.4, 0.5) is 0 Å². The molecule has 0 bridgehead atoms. The van der Waals surface area contributed by atoms with Crippen LogP contribution < -0.4 is 5.73 Å². The number of carbonyl (C=O) groups excluding carboxylic acids is 1. The summed E-state index contributed by atoms with van der Waals surface area (Å²) in [6, 6.07) is 0. The Morgan fingerprint density at radius 3 is 2.89 bits per heavy atom. The van der Waals surface area contributed by atoms with E-state index in [-0.39, 0.29) is 6.61 Å². The van der Waals surface area contributed by atoms with Gasteiger partial charge in [0.2, 0.25) is 5.91 Å². The molecule has 0 spiro atoms. The van der Waals surface area contributed by atoms with Gasteiger partial charge in [0.05, 0.1) is 6.61 Å². The van der Waals surface area contributed by atoms with Crippen LogP contribution in [0.1, 0.15) is 0 Å². The van der Waals surface area contributed by atoms with Gasteiger partial charge in [-0.15, -0.1) is 0 Å². The summed E-state index contributed by atoms with van der Waals surface area (Å²) >= 11 is 0. The molecule has 0 saturated carbocycles. The second-order valence-corrected chi connectivity index (χ2v) is 1.54. The number of carbonyl (C=O) groups is 1. The van der Waals surface area contributed by atoms with Crippen molar-refractivity contribution in [2.75, 3.05) is 13.7 Å². The van der Waals surface area contributed by atoms with E-state index in [1.54, 1.807) is 0 Å². The fraction of sp³-hybridized carbons (Fsp3) is 0.600. The van der Waals surface area contributed by atoms with Crippen molar-refractivity contribution in [3.63, 3.8) is 0 Å². The summed E-state index contributed by atoms with van der Waals surface area (Å²) in [5, 5.41) is 8.65. The number of aliphatic hydroxyl groups is 1. The molecule has 1 atom stereocenters. The molecule has 0 aromatic rings. The van der Waals surface area contributed by atoms with E-state index in [9.17, 15) is 4.79 Å². The van der Waals surface area contributed by atoms with E-state index in [0.717, 1.165) is 0 Å². The minimum absolute atomic E-state index is 0.226. The zero-order chi connectivity index (χ0) is 7.28. The molecule has 1 radical (unpaired) electrons. The zero-order valence-electron chi connectivity index (χ0n) is 5.20. The molecule has 0 aliphatic heterocycles. The van der Waals surface area contributed by atoms with Gasteiger partial charge in [0.15, 0.2) is 0 Å². The molecule has 0 aliphatic rings. The molecule has 0 aromatic heterocycles. The third kappa shape index (κ3) is 3.93. The van der Waals surface area contributed by atoms with Gasteiger partial charge in [-0.25, -0.2) is 0 Å². The van der Waals surface area contributed by atoms with Crippen LogP contribution in [0.3, 0.4) is 0 Å². The summed E-state index contributed by atoms with van der Waals surface area (Å²) in [5.41, 5.74) is 4.70. The molecule has 4 nitrogen and oxygen atoms in total. The Morgan fingerprint density at radius 2 is 2.56 bits per heavy atom. The second kappa shape index (κ2) is 4.29. The summed E-state index contributed by atoms with van der Waals surface area (Å²) in [4.78, 5) is 10.1. The Bertz CT molecular complexity index is 94.2. The molecule has 0 aromatic carbocycles. The number of nitrogens with two attached hydrogens (primary N) is 1. The Balaban J connectivity index is 3.27. The Morgan fingerprint density at radius 1 is 2.00 bits per heavy atom. The summed E-state index contributed by atoms with van der Waals surface area (Å²) in [6.45, 7) is 0.226. The summed E-state index contributed by atoms with van der Waals surface area (Å²) in [7, 11) is 1.46. The van der Waals surface area contributed by atoms with Crippen LogP contribution in [0.15, 0.2) is 0 Å². The highest BCUT2D eigenvalue weighted by molar-refractivity contribution is 5.79. The van der Waals surface area contributed by atoms with Gasteiger partial charge in [0.1, 0.15) is 6.10 Å². The first-order chi connectivity index (χ1) is 4.18. The van der Waals surface area contributed by atoms with Crippen molar-refractivity contribution >= 4 is 5.91 Å². The van der Waals surface area contributed by atoms with Crippen molar-refractivity contribution in [2.45, 2.75) is 6.10 Å². The molecule has 0 heterocycles. The van der Waals surface area contributed by atoms with Crippen molar-refractivity contribution in [1.29, 1.82) is 0 Å². The van der Waals surface area contributed by atoms with E-state index in [1.165, 1.54) is 13.5 Å². The number of hydrogen-bond donors (Lipinski definition) is 2. The van der Waals surface area contributed by atoms with Crippen LogP contribution in [0.2, 0.25) is 0 Å². The van der Waals surface area contributed by atoms with E-state index in [2.05, 4.69) is 4.74 Å². The van der Waals surface area contributed by atoms with Crippen molar-refractivity contribution in [3.05, 3.63) is 6.42 Å². The summed E-state index contributed by atoms with van der Waals surface area (Å²) in [6.07, 6.45) is 0.0902. The molecular weight excluding hydrogens is 122 g/mol. The van der Waals surface area contributed by atoms with Gasteiger partial charge < -0.3 is 15.6 Å². The normalized spacial score (nSPS) is 13.1. The van der Waals surface area contributed by atoms with Gasteiger partial charge in [0, 0.05) is 13.5 Å². The molecule has 0 aliphatic carbocycles. The van der Waals surface area contributed by atoms with Crippen LogP contribution >= 0.6 is 0 Å². The Kier molecular flexibility index (Phi) is 4.00. The maximum absolute atomic E-state index is 10.1. The number of aliphatic hydroxyl groups excluding tert-OH is 1. The third-order valence-corrected chi connectivity index (χ3v) is 0.778. The van der Waals surface area contributed by atoms with E-state index >= 15 is 0 Å². The van der Waals surface area contributed by atoms with Gasteiger partial charge in [-0.3, -0.25) is 4.79 Å². The Labute approximate surface area is 53.6 Å². The molecule has 0 rings (SSSR count). The largest absolute Gasteiger partial charge is 0.384 e. The molecule has 3 N–H and O–H groups in total. The predicted octanol–water partition coefficient (Wildman–Crippen LogP) is -1.32. The van der Waals surface area contributed by atoms with E-state index in [0.29, 0.717) is 0 Å². The average Bonchev–Trinajstić information content (AvgIpc) is 1.82. The number of ether oxygens (including phenoxy) is 1. The van der Waals surface area contributed by atoms with Crippen molar-refractivity contribution < 1.29 is 14.6 Å². The van der Waals surface area contributed by atoms with Crippen LogP contribution in [0.5, 0.6) is 0 Å². The highest BCUT2D eigenvalue weighted by Crippen LogP contribution is 1.86. The fourth-order valence-electron chi connectivity index (χ4n) is 0.304. The first-order valence-corrected chi connectivity index (χ1v) is 2.48. The minimum Gasteiger partial charge on any atom is -0.384 e. The summed E-state index contributed by atoms with van der Waals surface area (Å²) in [5.74, 6) is -0.757. The molecule has 0 unspecified atom stereocenters. The van der Waals surface area contributed by atoms with E-state index in [4.69, 9.17) is 10.8 Å². The lowest BCUT2D eigenvalue weighted by molar-refractivity contribution is -0.124. The molecule has 53 valence electrons. The lowest BCUT2D eigenvalue weighted by atomic mass is 10.2. The van der Waals surface area contributed by atoms with Gasteiger partial charge in [-0.05, 0) is 0 Å². The highest BCUT2D eigenvalue weighted by Gasteiger charge is 2.09. The lowest BCUT2D eigenvalue weighted by Gasteiger charge is -2.02. The maximum Gasteiger partial charge on any atom is 0.246 e. The number of methoxy groups -OCH3 is 1. The summed E-state index contributed by atoms with van der Waals surface area (Å²) < 4.78 is 4.54. The van der Waals surface area contributed by atoms with Crippen molar-refractivity contribution in [1.82, 2.24) is 0 Å². The number of hydrogen-bond acceptors (Lipinski definition) is 3. The first-order valence-electron chi connectivity index (χ1n) is 2.48. The first kappa shape index (κ1) is 8.39. The number of rotatable bonds is 4. The van der Waals surface area contributed by atoms with Crippen molar-refractivity contribution in [2.24, 2.45) is 5.73 Å². The van der Waals surface area contributed by atoms with Gasteiger partial charge >= 0.3 is 0 Å². The number of amides is 1. The molecule has 1 amide bonds. The van der Waals surface area contributed by atoms with E-state index < -0.39 is 12.0 Å². The second-order valence-electron chi connectivity index (χ2n) is 1.54. The van der Waals surface area contributed by atoms with Gasteiger partial charge in [0.25, 0.3) is 0 Å². The lowest BCUT2D eigenvalue weighted by Crippen LogP contribution is -2.29. The minimum atomic E-state index is -1.19. The monoisotopic (exact) mass is 132 g/mol. The highest BCUT2D eigenvalue weighted by atomic mass is 16.5. The standard InChI is InChI=1S/C5H10NO3/c1-9-3-2-4(7)5(6)8/h2,4,7H,3H2,1H3,(H2,6,8)/t4-/m1/s1. The third-order valence-electron chi connectivity index (χ3n) is 0.778. The van der Waals surface area contributed by atoms with Crippen LogP contribution in [0, 0.1) is 6.42 Å². The van der Waals surface area contributed by atoms with E-state index in [1.807, 2.05) is 0 Å². The van der Waals surface area contributed by atoms with Crippen LogP contribution in [0.25, 0.3) is 0 Å². The molecule has 0 saturated heterocycles. The van der Waals surface area contributed by atoms with Crippen LogP contribution in [-0.2, 0) is 9.53 Å². The SMILES string of the molecule is COC[CH][C@@H](O)C(N)=O. The van der Waals surface area contributed by atoms with Crippen LogP contribution in [-0.4, -0.2) is 30.8 Å². The molecule has 9 heavy (non-hydrogen) atoms. The quantitative estimate of drug-likeness (QED) is 0.498. The smallest absolute Gasteiger partial charge is 0.246 e. The zero-order valence-corrected chi connectivity index (χ0v) is 5.20. The van der Waals surface area contributed by atoms with Gasteiger partial charge in [-0.2, -0.15) is 0 Å². The molecular formula is C5H10NO3. The predicted molar refractivity (Wildman–Crippen MR) is 31.4 cm³/mol. The topological polar surface area (TPSA) is 72.6 Å². The Hall–Kier alpha value is -0.610. The fourth-order valence-corrected chi connectivity index (χ4v) is 0.304.